The molecule has 0 aromatic carbocycles. The minimum Gasteiger partial charge on any atom is -0.0904 e. The maximum absolute atomic E-state index is 5.18. The van der Waals surface area contributed by atoms with Crippen molar-refractivity contribution in [3.63, 3.8) is 0 Å². The monoisotopic (exact) mass is 129 g/mol. The predicted molar refractivity (Wildman–Crippen MR) is 39.1 cm³/mol. The van der Waals surface area contributed by atoms with Gasteiger partial charge in [0.25, 0.3) is 0 Å². The Bertz CT molecular complexity index is 53.4. The quantitative estimate of drug-likeness (QED) is 0.441. The highest BCUT2D eigenvalue weighted by molar-refractivity contribution is 7.80. The van der Waals surface area contributed by atoms with Crippen LogP contribution in [0.4, 0.5) is 0 Å². The van der Waals surface area contributed by atoms with Crippen molar-refractivity contribution < 1.29 is 0 Å². The third-order valence-corrected chi connectivity index (χ3v) is 2.27. The molecule has 8 heavy (non-hydrogen) atoms. The summed E-state index contributed by atoms with van der Waals surface area (Å²) in [5.74, 6) is 0. The van der Waals surface area contributed by atoms with Gasteiger partial charge in [-0.05, 0) is 12.8 Å². The Labute approximate surface area is 57.1 Å². The van der Waals surface area contributed by atoms with Crippen molar-refractivity contribution in [3.8, 4) is 0 Å². The lowest BCUT2D eigenvalue weighted by molar-refractivity contribution is 0.702. The van der Waals surface area contributed by atoms with Crippen molar-refractivity contribution in [3.05, 3.63) is 0 Å². The number of rotatable bonds is 0. The van der Waals surface area contributed by atoms with E-state index < -0.39 is 0 Å². The molecule has 0 bridgehead atoms. The summed E-state index contributed by atoms with van der Waals surface area (Å²) in [4.78, 5) is 0. The van der Waals surface area contributed by atoms with Gasteiger partial charge in [-0.2, -0.15) is 0 Å². The zero-order chi connectivity index (χ0) is 5.82. The van der Waals surface area contributed by atoms with Gasteiger partial charge >= 0.3 is 0 Å². The maximum Gasteiger partial charge on any atom is 0.0151 e. The van der Waals surface area contributed by atoms with Gasteiger partial charge in [-0.25, -0.2) is 0 Å². The van der Waals surface area contributed by atoms with Crippen molar-refractivity contribution in [1.29, 1.82) is 0 Å². The van der Waals surface area contributed by atoms with E-state index in [1.165, 1.54) is 38.5 Å². The summed E-state index contributed by atoms with van der Waals surface area (Å²) in [5.41, 5.74) is 0. The molecule has 1 radical (unpaired) electrons. The lowest BCUT2D eigenvalue weighted by atomic mass is 10.2. The molecule has 1 rings (SSSR count). The molecule has 1 aliphatic rings. The van der Waals surface area contributed by atoms with E-state index in [0.29, 0.717) is 5.25 Å². The molecule has 0 aromatic heterocycles. The maximum atomic E-state index is 5.18. The molecule has 0 spiro atoms. The first-order chi connectivity index (χ1) is 3.89. The molecule has 0 nitrogen and oxygen atoms in total. The lowest BCUT2D eigenvalue weighted by Gasteiger charge is -2.00. The molecule has 1 saturated carbocycles. The Morgan fingerprint density at radius 2 is 1.38 bits per heavy atom. The number of hydrogen-bond acceptors (Lipinski definition) is 0. The molecule has 0 amide bonds. The molecule has 0 saturated heterocycles. The van der Waals surface area contributed by atoms with Gasteiger partial charge in [0.15, 0.2) is 0 Å². The summed E-state index contributed by atoms with van der Waals surface area (Å²) in [6.45, 7) is 0. The molecule has 0 N–H and O–H groups in total. The Morgan fingerprint density at radius 1 is 0.875 bits per heavy atom. The average molecular weight is 129 g/mol. The first kappa shape index (κ1) is 6.47. The van der Waals surface area contributed by atoms with Gasteiger partial charge in [0, 0.05) is 5.25 Å². The van der Waals surface area contributed by atoms with Gasteiger partial charge in [-0.3, -0.25) is 0 Å². The fraction of sp³-hybridized carbons (Fsp3) is 1.00. The SMILES string of the molecule is [S]C1CCCCCC1. The Morgan fingerprint density at radius 3 is 1.88 bits per heavy atom. The largest absolute Gasteiger partial charge is 0.0904 e. The van der Waals surface area contributed by atoms with Crippen molar-refractivity contribution in [2.75, 3.05) is 0 Å². The molecular weight excluding hydrogens is 116 g/mol. The summed E-state index contributed by atoms with van der Waals surface area (Å²) >= 11 is 5.18. The number of hydrogen-bond donors (Lipinski definition) is 0. The third-order valence-electron chi connectivity index (χ3n) is 1.80. The van der Waals surface area contributed by atoms with Crippen LogP contribution in [0.3, 0.4) is 0 Å². The van der Waals surface area contributed by atoms with Crippen LogP contribution in [0.5, 0.6) is 0 Å². The lowest BCUT2D eigenvalue weighted by Crippen LogP contribution is -1.93. The highest BCUT2D eigenvalue weighted by Crippen LogP contribution is 2.20. The first-order valence-corrected chi connectivity index (χ1v) is 4.02. The molecule has 1 fully saturated rings. The Balaban J connectivity index is 2.17. The van der Waals surface area contributed by atoms with Crippen LogP contribution >= 0.6 is 12.6 Å². The fourth-order valence-corrected chi connectivity index (χ4v) is 1.58. The van der Waals surface area contributed by atoms with Crippen LogP contribution in [0.2, 0.25) is 0 Å². The van der Waals surface area contributed by atoms with Crippen molar-refractivity contribution in [2.45, 2.75) is 43.8 Å². The van der Waals surface area contributed by atoms with E-state index in [4.69, 9.17) is 12.6 Å². The zero-order valence-electron chi connectivity index (χ0n) is 5.23. The molecule has 47 valence electrons. The van der Waals surface area contributed by atoms with E-state index in [9.17, 15) is 0 Å². The van der Waals surface area contributed by atoms with E-state index >= 15 is 0 Å². The molecular formula is C7H13S. The average Bonchev–Trinajstić information content (AvgIpc) is 1.94. The van der Waals surface area contributed by atoms with Crippen LogP contribution in [0.25, 0.3) is 0 Å². The molecule has 1 heteroatoms. The van der Waals surface area contributed by atoms with Gasteiger partial charge in [0.05, 0.1) is 0 Å². The summed E-state index contributed by atoms with van der Waals surface area (Å²) in [7, 11) is 0. The third kappa shape index (κ3) is 2.08. The van der Waals surface area contributed by atoms with Gasteiger partial charge in [0.2, 0.25) is 0 Å². The van der Waals surface area contributed by atoms with Crippen LogP contribution in [0.15, 0.2) is 0 Å². The van der Waals surface area contributed by atoms with Crippen molar-refractivity contribution in [1.82, 2.24) is 0 Å². The van der Waals surface area contributed by atoms with Crippen LogP contribution < -0.4 is 0 Å². The second kappa shape index (κ2) is 3.39. The van der Waals surface area contributed by atoms with Crippen molar-refractivity contribution >= 4 is 12.6 Å². The summed E-state index contributed by atoms with van der Waals surface area (Å²) in [5, 5.41) is 0.609. The molecule has 0 aliphatic heterocycles. The highest BCUT2D eigenvalue weighted by atomic mass is 32.1. The van der Waals surface area contributed by atoms with E-state index in [2.05, 4.69) is 0 Å². The Hall–Kier alpha value is 0.350. The van der Waals surface area contributed by atoms with Gasteiger partial charge in [0.1, 0.15) is 0 Å². The molecule has 0 heterocycles. The van der Waals surface area contributed by atoms with Gasteiger partial charge in [-0.1, -0.05) is 38.3 Å². The second-order valence-electron chi connectivity index (χ2n) is 2.61. The topological polar surface area (TPSA) is 0 Å². The van der Waals surface area contributed by atoms with Crippen LogP contribution in [-0.2, 0) is 0 Å². The molecule has 0 atom stereocenters. The van der Waals surface area contributed by atoms with E-state index in [1.807, 2.05) is 0 Å². The molecule has 1 aliphatic carbocycles. The molecule has 0 unspecified atom stereocenters. The van der Waals surface area contributed by atoms with Crippen LogP contribution in [0, 0.1) is 0 Å². The fourth-order valence-electron chi connectivity index (χ4n) is 1.24. The normalized spacial score (nSPS) is 25.1. The smallest absolute Gasteiger partial charge is 0.0151 e. The van der Waals surface area contributed by atoms with Gasteiger partial charge in [-0.15, -0.1) is 0 Å². The van der Waals surface area contributed by atoms with Gasteiger partial charge < -0.3 is 0 Å². The van der Waals surface area contributed by atoms with Crippen LogP contribution in [0.1, 0.15) is 38.5 Å². The summed E-state index contributed by atoms with van der Waals surface area (Å²) in [6.07, 6.45) is 8.22. The highest BCUT2D eigenvalue weighted by Gasteiger charge is 2.06. The van der Waals surface area contributed by atoms with E-state index in [1.54, 1.807) is 0 Å². The minimum absolute atomic E-state index is 0.609. The minimum atomic E-state index is 0.609. The van der Waals surface area contributed by atoms with Crippen LogP contribution in [-0.4, -0.2) is 5.25 Å². The zero-order valence-corrected chi connectivity index (χ0v) is 6.04. The summed E-state index contributed by atoms with van der Waals surface area (Å²) < 4.78 is 0. The molecule has 0 aromatic rings. The van der Waals surface area contributed by atoms with E-state index in [0.717, 1.165) is 0 Å². The van der Waals surface area contributed by atoms with Crippen molar-refractivity contribution in [2.24, 2.45) is 0 Å². The first-order valence-electron chi connectivity index (χ1n) is 3.55. The summed E-state index contributed by atoms with van der Waals surface area (Å²) in [6, 6.07) is 0. The van der Waals surface area contributed by atoms with E-state index in [-0.39, 0.29) is 0 Å². The second-order valence-corrected chi connectivity index (χ2v) is 3.28. The Kier molecular flexibility index (Phi) is 2.74. The standard InChI is InChI=1S/C7H13S/c8-7-5-3-1-2-4-6-7/h7H,1-6H2. The predicted octanol–water partition coefficient (Wildman–Crippen LogP) is 2.91.